The molecule has 0 spiro atoms. The second-order valence-corrected chi connectivity index (χ2v) is 3.00. The number of nitrogens with one attached hydrogen (secondary N) is 1. The van der Waals surface area contributed by atoms with Gasteiger partial charge in [-0.15, -0.1) is 0 Å². The molecule has 1 unspecified atom stereocenters. The van der Waals surface area contributed by atoms with E-state index < -0.39 is 0 Å². The average Bonchev–Trinajstić information content (AvgIpc) is 2.17. The second kappa shape index (κ2) is 4.05. The highest BCUT2D eigenvalue weighted by atomic mass is 16.1. The lowest BCUT2D eigenvalue weighted by Gasteiger charge is -2.08. The molecule has 1 aromatic carbocycles. The van der Waals surface area contributed by atoms with Gasteiger partial charge in [-0.05, 0) is 38.2 Å². The highest BCUT2D eigenvalue weighted by Crippen LogP contribution is 2.07. The second-order valence-electron chi connectivity index (χ2n) is 3.00. The molecule has 0 saturated heterocycles. The van der Waals surface area contributed by atoms with E-state index in [2.05, 4.69) is 5.32 Å². The van der Waals surface area contributed by atoms with Crippen LogP contribution in [0.15, 0.2) is 24.3 Å². The summed E-state index contributed by atoms with van der Waals surface area (Å²) >= 11 is 0. The molecular formula is C10H14N2O. The minimum atomic E-state index is -0.149. The van der Waals surface area contributed by atoms with Crippen LogP contribution in [-0.2, 0) is 0 Å². The molecule has 0 fully saturated rings. The number of ketones is 1. The maximum Gasteiger partial charge on any atom is 0.179 e. The first kappa shape index (κ1) is 9.74. The van der Waals surface area contributed by atoms with Gasteiger partial charge in [-0.25, -0.2) is 0 Å². The Hall–Kier alpha value is -1.35. The quantitative estimate of drug-likeness (QED) is 0.537. The summed E-state index contributed by atoms with van der Waals surface area (Å²) in [4.78, 5) is 11.6. The SMILES string of the molecule is CNC(C)C(=O)c1ccc(N)cc1. The van der Waals surface area contributed by atoms with E-state index in [0.29, 0.717) is 11.3 Å². The third-order valence-corrected chi connectivity index (χ3v) is 2.02. The zero-order chi connectivity index (χ0) is 9.84. The third kappa shape index (κ3) is 2.29. The van der Waals surface area contributed by atoms with Crippen LogP contribution in [0.3, 0.4) is 0 Å². The van der Waals surface area contributed by atoms with Crippen molar-refractivity contribution in [3.05, 3.63) is 29.8 Å². The molecule has 0 bridgehead atoms. The van der Waals surface area contributed by atoms with Crippen molar-refractivity contribution in [2.24, 2.45) is 0 Å². The first-order chi connectivity index (χ1) is 6.15. The van der Waals surface area contributed by atoms with Crippen molar-refractivity contribution in [3.63, 3.8) is 0 Å². The fourth-order valence-corrected chi connectivity index (χ4v) is 1.03. The van der Waals surface area contributed by atoms with Crippen molar-refractivity contribution in [3.8, 4) is 0 Å². The lowest BCUT2D eigenvalue weighted by molar-refractivity contribution is 0.0955. The standard InChI is InChI=1S/C10H14N2O/c1-7(12-2)10(13)8-3-5-9(11)6-4-8/h3-7,12H,11H2,1-2H3. The van der Waals surface area contributed by atoms with Crippen LogP contribution >= 0.6 is 0 Å². The van der Waals surface area contributed by atoms with Gasteiger partial charge in [0, 0.05) is 11.3 Å². The highest BCUT2D eigenvalue weighted by molar-refractivity contribution is 6.00. The number of rotatable bonds is 3. The fourth-order valence-electron chi connectivity index (χ4n) is 1.03. The number of nitrogen functional groups attached to an aromatic ring is 1. The number of Topliss-reactive ketones (excluding diaryl/α,β-unsaturated/α-hetero) is 1. The van der Waals surface area contributed by atoms with E-state index in [1.807, 2.05) is 6.92 Å². The monoisotopic (exact) mass is 178 g/mol. The topological polar surface area (TPSA) is 55.1 Å². The molecule has 3 nitrogen and oxygen atoms in total. The number of benzene rings is 1. The molecule has 0 saturated carbocycles. The van der Waals surface area contributed by atoms with E-state index in [1.165, 1.54) is 0 Å². The number of carbonyl (C=O) groups excluding carboxylic acids is 1. The molecular weight excluding hydrogens is 164 g/mol. The molecule has 1 rings (SSSR count). The minimum Gasteiger partial charge on any atom is -0.399 e. The van der Waals surface area contributed by atoms with Crippen LogP contribution in [-0.4, -0.2) is 18.9 Å². The van der Waals surface area contributed by atoms with Crippen molar-refractivity contribution in [2.45, 2.75) is 13.0 Å². The number of nitrogens with two attached hydrogens (primary N) is 1. The number of likely N-dealkylation sites (N-methyl/N-ethyl adjacent to an activating group) is 1. The van der Waals surface area contributed by atoms with Gasteiger partial charge >= 0.3 is 0 Å². The molecule has 13 heavy (non-hydrogen) atoms. The van der Waals surface area contributed by atoms with Crippen LogP contribution in [0, 0.1) is 0 Å². The van der Waals surface area contributed by atoms with Gasteiger partial charge in [-0.1, -0.05) is 0 Å². The van der Waals surface area contributed by atoms with Gasteiger partial charge in [0.1, 0.15) is 0 Å². The lowest BCUT2D eigenvalue weighted by Crippen LogP contribution is -2.30. The third-order valence-electron chi connectivity index (χ3n) is 2.02. The fraction of sp³-hybridized carbons (Fsp3) is 0.300. The zero-order valence-corrected chi connectivity index (χ0v) is 7.87. The molecule has 0 radical (unpaired) electrons. The summed E-state index contributed by atoms with van der Waals surface area (Å²) in [6, 6.07) is 6.80. The molecule has 1 aromatic rings. The van der Waals surface area contributed by atoms with Gasteiger partial charge in [0.2, 0.25) is 0 Å². The Morgan fingerprint density at radius 3 is 2.38 bits per heavy atom. The van der Waals surface area contributed by atoms with Crippen molar-refractivity contribution < 1.29 is 4.79 Å². The number of anilines is 1. The van der Waals surface area contributed by atoms with Crippen molar-refractivity contribution >= 4 is 11.5 Å². The van der Waals surface area contributed by atoms with Crippen LogP contribution in [0.2, 0.25) is 0 Å². The van der Waals surface area contributed by atoms with E-state index in [-0.39, 0.29) is 11.8 Å². The predicted octanol–water partition coefficient (Wildman–Crippen LogP) is 1.06. The molecule has 0 aliphatic rings. The number of hydrogen-bond donors (Lipinski definition) is 2. The predicted molar refractivity (Wildman–Crippen MR) is 53.7 cm³/mol. The summed E-state index contributed by atoms with van der Waals surface area (Å²) < 4.78 is 0. The normalized spacial score (nSPS) is 12.5. The van der Waals surface area contributed by atoms with Crippen LogP contribution < -0.4 is 11.1 Å². The Morgan fingerprint density at radius 2 is 1.92 bits per heavy atom. The van der Waals surface area contributed by atoms with Gasteiger partial charge in [0.15, 0.2) is 5.78 Å². The highest BCUT2D eigenvalue weighted by Gasteiger charge is 2.11. The van der Waals surface area contributed by atoms with Gasteiger partial charge in [-0.2, -0.15) is 0 Å². The Bertz CT molecular complexity index is 292. The average molecular weight is 178 g/mol. The van der Waals surface area contributed by atoms with Gasteiger partial charge in [-0.3, -0.25) is 4.79 Å². The molecule has 0 aliphatic carbocycles. The van der Waals surface area contributed by atoms with Crippen LogP contribution in [0.25, 0.3) is 0 Å². The van der Waals surface area contributed by atoms with Crippen LogP contribution in [0.1, 0.15) is 17.3 Å². The zero-order valence-electron chi connectivity index (χ0n) is 7.87. The summed E-state index contributed by atoms with van der Waals surface area (Å²) in [5.74, 6) is 0.0856. The maximum absolute atomic E-state index is 11.6. The van der Waals surface area contributed by atoms with Crippen molar-refractivity contribution in [1.82, 2.24) is 5.32 Å². The van der Waals surface area contributed by atoms with Gasteiger partial charge in [0.25, 0.3) is 0 Å². The summed E-state index contributed by atoms with van der Waals surface area (Å²) in [5, 5.41) is 2.90. The van der Waals surface area contributed by atoms with E-state index in [4.69, 9.17) is 5.73 Å². The molecule has 70 valence electrons. The molecule has 0 amide bonds. The van der Waals surface area contributed by atoms with E-state index in [9.17, 15) is 4.79 Å². The molecule has 0 aliphatic heterocycles. The summed E-state index contributed by atoms with van der Waals surface area (Å²) in [6.07, 6.45) is 0. The van der Waals surface area contributed by atoms with E-state index in [1.54, 1.807) is 31.3 Å². The first-order valence-electron chi connectivity index (χ1n) is 4.22. The Labute approximate surface area is 77.9 Å². The largest absolute Gasteiger partial charge is 0.399 e. The molecule has 0 aromatic heterocycles. The Kier molecular flexibility index (Phi) is 3.03. The molecule has 3 N–H and O–H groups in total. The maximum atomic E-state index is 11.6. The molecule has 0 heterocycles. The smallest absolute Gasteiger partial charge is 0.179 e. The number of carbonyl (C=O) groups is 1. The van der Waals surface area contributed by atoms with Gasteiger partial charge < -0.3 is 11.1 Å². The minimum absolute atomic E-state index is 0.0856. The number of hydrogen-bond acceptors (Lipinski definition) is 3. The molecule has 3 heteroatoms. The van der Waals surface area contributed by atoms with Crippen molar-refractivity contribution in [1.29, 1.82) is 0 Å². The van der Waals surface area contributed by atoms with Gasteiger partial charge in [0.05, 0.1) is 6.04 Å². The summed E-state index contributed by atoms with van der Waals surface area (Å²) in [5.41, 5.74) is 6.87. The van der Waals surface area contributed by atoms with Crippen LogP contribution in [0.4, 0.5) is 5.69 Å². The van der Waals surface area contributed by atoms with Crippen molar-refractivity contribution in [2.75, 3.05) is 12.8 Å². The Balaban J connectivity index is 2.83. The summed E-state index contributed by atoms with van der Waals surface area (Å²) in [7, 11) is 1.76. The first-order valence-corrected chi connectivity index (χ1v) is 4.22. The lowest BCUT2D eigenvalue weighted by atomic mass is 10.1. The van der Waals surface area contributed by atoms with E-state index >= 15 is 0 Å². The molecule has 1 atom stereocenters. The van der Waals surface area contributed by atoms with E-state index in [0.717, 1.165) is 0 Å². The summed E-state index contributed by atoms with van der Waals surface area (Å²) in [6.45, 7) is 1.83. The van der Waals surface area contributed by atoms with Crippen LogP contribution in [0.5, 0.6) is 0 Å². The Morgan fingerprint density at radius 1 is 1.38 bits per heavy atom.